The van der Waals surface area contributed by atoms with E-state index in [9.17, 15) is 4.79 Å². The van der Waals surface area contributed by atoms with Crippen molar-refractivity contribution < 1.29 is 13.9 Å². The number of carbonyl (C=O) groups excluding carboxylic acids is 1. The van der Waals surface area contributed by atoms with Crippen LogP contribution in [0.2, 0.25) is 10.0 Å². The summed E-state index contributed by atoms with van der Waals surface area (Å²) in [6.45, 7) is 4.37. The van der Waals surface area contributed by atoms with Gasteiger partial charge < -0.3 is 14.5 Å². The molecule has 4 aromatic rings. The number of nitrogens with one attached hydrogen (secondary N) is 1. The number of rotatable bonds is 6. The van der Waals surface area contributed by atoms with Crippen molar-refractivity contribution in [1.29, 1.82) is 0 Å². The van der Waals surface area contributed by atoms with E-state index in [1.165, 1.54) is 5.56 Å². The second-order valence-corrected chi connectivity index (χ2v) is 8.70. The number of aryl methyl sites for hydroxylation is 1. The molecule has 0 saturated carbocycles. The number of carbonyl (C=O) groups is 1. The van der Waals surface area contributed by atoms with E-state index in [0.717, 1.165) is 33.2 Å². The van der Waals surface area contributed by atoms with E-state index in [0.29, 0.717) is 27.9 Å². The van der Waals surface area contributed by atoms with Gasteiger partial charge in [-0.2, -0.15) is 0 Å². The van der Waals surface area contributed by atoms with E-state index in [2.05, 4.69) is 5.32 Å². The van der Waals surface area contributed by atoms with Gasteiger partial charge in [0.25, 0.3) is 0 Å². The topological polar surface area (TPSA) is 51.5 Å². The van der Waals surface area contributed by atoms with Crippen molar-refractivity contribution in [3.05, 3.63) is 93.7 Å². The van der Waals surface area contributed by atoms with Crippen molar-refractivity contribution in [2.75, 3.05) is 7.11 Å². The van der Waals surface area contributed by atoms with Crippen LogP contribution < -0.4 is 10.1 Å². The summed E-state index contributed by atoms with van der Waals surface area (Å²) in [5.41, 5.74) is 6.10. The maximum absolute atomic E-state index is 12.6. The molecule has 1 amide bonds. The summed E-state index contributed by atoms with van der Waals surface area (Å²) in [5, 5.41) is 4.89. The van der Waals surface area contributed by atoms with Gasteiger partial charge in [-0.1, -0.05) is 59.1 Å². The number of hydrogen-bond donors (Lipinski definition) is 1. The monoisotopic (exact) mass is 479 g/mol. The Morgan fingerprint density at radius 2 is 1.82 bits per heavy atom. The van der Waals surface area contributed by atoms with Crippen molar-refractivity contribution in [1.82, 2.24) is 5.32 Å². The largest absolute Gasteiger partial charge is 0.496 e. The highest BCUT2D eigenvalue weighted by atomic mass is 35.5. The van der Waals surface area contributed by atoms with Crippen molar-refractivity contribution in [3.8, 4) is 16.9 Å². The molecule has 168 valence electrons. The van der Waals surface area contributed by atoms with Crippen LogP contribution in [0.5, 0.6) is 5.75 Å². The number of amides is 1. The summed E-state index contributed by atoms with van der Waals surface area (Å²) in [6.07, 6.45) is 3.24. The molecule has 4 rings (SSSR count). The van der Waals surface area contributed by atoms with Crippen LogP contribution in [-0.2, 0) is 11.3 Å². The van der Waals surface area contributed by atoms with E-state index in [1.807, 2.05) is 56.3 Å². The number of allylic oxidation sites excluding steroid dienone is 1. The fraction of sp³-hybridized carbons (Fsp3) is 0.148. The van der Waals surface area contributed by atoms with Crippen LogP contribution in [0.3, 0.4) is 0 Å². The molecule has 6 heteroatoms. The zero-order valence-electron chi connectivity index (χ0n) is 18.5. The molecule has 1 aromatic heterocycles. The lowest BCUT2D eigenvalue weighted by molar-refractivity contribution is -0.116. The van der Waals surface area contributed by atoms with Gasteiger partial charge in [-0.15, -0.1) is 0 Å². The molecule has 0 fully saturated rings. The molecule has 0 aliphatic carbocycles. The van der Waals surface area contributed by atoms with Crippen LogP contribution in [0, 0.1) is 6.92 Å². The first-order valence-electron chi connectivity index (χ1n) is 10.4. The Balaban J connectivity index is 1.65. The first-order valence-corrected chi connectivity index (χ1v) is 11.2. The minimum atomic E-state index is -0.177. The number of fused-ring (bicyclic) bond motifs is 1. The summed E-state index contributed by atoms with van der Waals surface area (Å²) in [6, 6.07) is 17.2. The van der Waals surface area contributed by atoms with E-state index >= 15 is 0 Å². The molecule has 1 heterocycles. The highest BCUT2D eigenvalue weighted by molar-refractivity contribution is 6.36. The van der Waals surface area contributed by atoms with Crippen molar-refractivity contribution in [2.24, 2.45) is 0 Å². The zero-order chi connectivity index (χ0) is 23.5. The van der Waals surface area contributed by atoms with E-state index in [4.69, 9.17) is 32.4 Å². The van der Waals surface area contributed by atoms with Gasteiger partial charge in [0.15, 0.2) is 0 Å². The molecule has 0 aliphatic heterocycles. The Hall–Kier alpha value is -3.21. The molecule has 0 aliphatic rings. The quantitative estimate of drug-likeness (QED) is 0.292. The number of furan rings is 1. The van der Waals surface area contributed by atoms with Gasteiger partial charge in [0.2, 0.25) is 5.91 Å². The number of halogens is 2. The Bertz CT molecular complexity index is 1350. The first kappa shape index (κ1) is 23.0. The van der Waals surface area contributed by atoms with Gasteiger partial charge in [-0.05, 0) is 43.2 Å². The molecule has 0 spiro atoms. The number of ether oxygens (including phenoxy) is 1. The highest BCUT2D eigenvalue weighted by Gasteiger charge is 2.16. The van der Waals surface area contributed by atoms with Crippen LogP contribution in [0.15, 0.2) is 71.4 Å². The number of hydrogen-bond acceptors (Lipinski definition) is 3. The minimum absolute atomic E-state index is 0.177. The van der Waals surface area contributed by atoms with E-state index < -0.39 is 0 Å². The lowest BCUT2D eigenvalue weighted by Crippen LogP contribution is -2.20. The lowest BCUT2D eigenvalue weighted by Gasteiger charge is -2.11. The maximum atomic E-state index is 12.6. The van der Waals surface area contributed by atoms with Crippen molar-refractivity contribution in [2.45, 2.75) is 20.4 Å². The normalized spacial score (nSPS) is 11.6. The third-order valence-corrected chi connectivity index (χ3v) is 6.02. The molecule has 0 radical (unpaired) electrons. The fourth-order valence-electron chi connectivity index (χ4n) is 3.67. The van der Waals surface area contributed by atoms with Crippen LogP contribution in [-0.4, -0.2) is 13.0 Å². The summed E-state index contributed by atoms with van der Waals surface area (Å²) >= 11 is 12.5. The van der Waals surface area contributed by atoms with Crippen LogP contribution in [0.4, 0.5) is 0 Å². The van der Waals surface area contributed by atoms with Crippen LogP contribution >= 0.6 is 23.2 Å². The van der Waals surface area contributed by atoms with E-state index in [1.54, 1.807) is 31.6 Å². The Morgan fingerprint density at radius 3 is 2.52 bits per heavy atom. The standard InChI is InChI=1S/C27H23Cl2NO3/c1-16-4-6-18(7-5-16)14-30-27(31)10-17(2)21-12-22-23(15-33-26(22)13-25(21)32-3)20-9-8-19(28)11-24(20)29/h4-13,15H,14H2,1-3H3,(H,30,31)/b17-10+. The van der Waals surface area contributed by atoms with Crippen molar-refractivity contribution >= 4 is 45.7 Å². The molecule has 0 atom stereocenters. The summed E-state index contributed by atoms with van der Waals surface area (Å²) in [7, 11) is 1.59. The molecular weight excluding hydrogens is 457 g/mol. The molecule has 0 unspecified atom stereocenters. The summed E-state index contributed by atoms with van der Waals surface area (Å²) in [5.74, 6) is 0.439. The molecule has 3 aromatic carbocycles. The Morgan fingerprint density at radius 1 is 1.06 bits per heavy atom. The fourth-order valence-corrected chi connectivity index (χ4v) is 4.18. The molecule has 33 heavy (non-hydrogen) atoms. The zero-order valence-corrected chi connectivity index (χ0v) is 20.1. The maximum Gasteiger partial charge on any atom is 0.244 e. The third kappa shape index (κ3) is 5.08. The molecule has 0 bridgehead atoms. The minimum Gasteiger partial charge on any atom is -0.496 e. The van der Waals surface area contributed by atoms with Crippen LogP contribution in [0.25, 0.3) is 27.7 Å². The second-order valence-electron chi connectivity index (χ2n) is 7.85. The number of methoxy groups -OCH3 is 1. The van der Waals surface area contributed by atoms with Gasteiger partial charge in [0.05, 0.1) is 18.4 Å². The highest BCUT2D eigenvalue weighted by Crippen LogP contribution is 2.40. The number of benzene rings is 3. The van der Waals surface area contributed by atoms with Crippen molar-refractivity contribution in [3.63, 3.8) is 0 Å². The smallest absolute Gasteiger partial charge is 0.244 e. The first-order chi connectivity index (χ1) is 15.9. The Kier molecular flexibility index (Phi) is 6.77. The van der Waals surface area contributed by atoms with Gasteiger partial charge in [-0.25, -0.2) is 0 Å². The predicted molar refractivity (Wildman–Crippen MR) is 135 cm³/mol. The molecule has 4 nitrogen and oxygen atoms in total. The second kappa shape index (κ2) is 9.74. The van der Waals surface area contributed by atoms with E-state index in [-0.39, 0.29) is 5.91 Å². The molecule has 0 saturated heterocycles. The summed E-state index contributed by atoms with van der Waals surface area (Å²) < 4.78 is 11.3. The van der Waals surface area contributed by atoms with Crippen LogP contribution in [0.1, 0.15) is 23.6 Å². The van der Waals surface area contributed by atoms with Gasteiger partial charge in [0, 0.05) is 45.8 Å². The van der Waals surface area contributed by atoms with Gasteiger partial charge in [0.1, 0.15) is 11.3 Å². The average Bonchev–Trinajstić information content (AvgIpc) is 3.20. The third-order valence-electron chi connectivity index (χ3n) is 5.48. The molecular formula is C27H23Cl2NO3. The van der Waals surface area contributed by atoms with Gasteiger partial charge >= 0.3 is 0 Å². The van der Waals surface area contributed by atoms with Gasteiger partial charge in [-0.3, -0.25) is 4.79 Å². The Labute approximate surface area is 202 Å². The average molecular weight is 480 g/mol. The SMILES string of the molecule is COc1cc2occ(-c3ccc(Cl)cc3Cl)c2cc1/C(C)=C/C(=O)NCc1ccc(C)cc1. The predicted octanol–water partition coefficient (Wildman–Crippen LogP) is 7.44. The molecule has 1 N–H and O–H groups in total. The lowest BCUT2D eigenvalue weighted by atomic mass is 9.99. The summed E-state index contributed by atoms with van der Waals surface area (Å²) in [4.78, 5) is 12.6.